The van der Waals surface area contributed by atoms with Crippen molar-refractivity contribution < 1.29 is 29.5 Å². The van der Waals surface area contributed by atoms with E-state index >= 15 is 0 Å². The fraction of sp³-hybridized carbons (Fsp3) is 1.00. The van der Waals surface area contributed by atoms with Crippen molar-refractivity contribution in [2.45, 2.75) is 23.4 Å². The molecule has 2 heterocycles. The van der Waals surface area contributed by atoms with E-state index in [4.69, 9.17) is 9.47 Å². The average molecular weight is 264 g/mol. The Morgan fingerprint density at radius 2 is 1.33 bits per heavy atom. The molecule has 0 bridgehead atoms. The lowest BCUT2D eigenvalue weighted by molar-refractivity contribution is -0.503. The van der Waals surface area contributed by atoms with E-state index in [0.29, 0.717) is 0 Å². The van der Waals surface area contributed by atoms with Crippen molar-refractivity contribution in [3.8, 4) is 0 Å². The molecule has 2 N–H and O–H groups in total. The van der Waals surface area contributed by atoms with Gasteiger partial charge in [0.25, 0.3) is 0 Å². The van der Waals surface area contributed by atoms with Crippen LogP contribution in [0.2, 0.25) is 0 Å². The second kappa shape index (κ2) is 4.09. The predicted molar refractivity (Wildman–Crippen MR) is 53.1 cm³/mol. The topological polar surface area (TPSA) is 145 Å². The number of fused-ring (bicyclic) bond motifs is 1. The Labute approximate surface area is 100 Å². The molecule has 0 aromatic carbocycles. The molecular weight excluding hydrogens is 252 g/mol. The quantitative estimate of drug-likeness (QED) is 0.429. The van der Waals surface area contributed by atoms with E-state index in [0.717, 1.165) is 0 Å². The maximum absolute atomic E-state index is 10.5. The van der Waals surface area contributed by atoms with Gasteiger partial charge < -0.3 is 19.7 Å². The van der Waals surface area contributed by atoms with Gasteiger partial charge in [0.2, 0.25) is 13.1 Å². The van der Waals surface area contributed by atoms with Gasteiger partial charge in [0.1, 0.15) is 12.2 Å². The van der Waals surface area contributed by atoms with E-state index < -0.39 is 59.6 Å². The van der Waals surface area contributed by atoms with Crippen LogP contribution in [0.25, 0.3) is 0 Å². The Hall–Kier alpha value is -1.36. The molecule has 2 saturated heterocycles. The van der Waals surface area contributed by atoms with Crippen LogP contribution in [0, 0.1) is 20.2 Å². The molecule has 18 heavy (non-hydrogen) atoms. The molecule has 2 rings (SSSR count). The van der Waals surface area contributed by atoms with Crippen LogP contribution < -0.4 is 0 Å². The number of hydrogen-bond acceptors (Lipinski definition) is 8. The van der Waals surface area contributed by atoms with E-state index in [-0.39, 0.29) is 0 Å². The standard InChI is InChI=1S/C8H12N2O8/c11-7(1-9(13)14)3-17-6-5(7)18-4-8(6,12)2-10(15)16/h5-6,11-12H,1-4H2/t5-,6-,7+,8+/m0/s1. The largest absolute Gasteiger partial charge is 0.378 e. The van der Waals surface area contributed by atoms with Gasteiger partial charge >= 0.3 is 0 Å². The van der Waals surface area contributed by atoms with Crippen molar-refractivity contribution in [3.63, 3.8) is 0 Å². The minimum absolute atomic E-state index is 0.399. The molecule has 0 unspecified atom stereocenters. The highest BCUT2D eigenvalue weighted by Crippen LogP contribution is 2.39. The van der Waals surface area contributed by atoms with Crippen LogP contribution >= 0.6 is 0 Å². The van der Waals surface area contributed by atoms with Crippen molar-refractivity contribution in [1.29, 1.82) is 0 Å². The number of nitro groups is 2. The lowest BCUT2D eigenvalue weighted by atomic mass is 9.90. The maximum Gasteiger partial charge on any atom is 0.237 e. The van der Waals surface area contributed by atoms with Crippen molar-refractivity contribution in [2.24, 2.45) is 0 Å². The van der Waals surface area contributed by atoms with Crippen LogP contribution in [0.5, 0.6) is 0 Å². The van der Waals surface area contributed by atoms with Gasteiger partial charge in [0.15, 0.2) is 11.2 Å². The van der Waals surface area contributed by atoms with Gasteiger partial charge in [-0.3, -0.25) is 20.2 Å². The highest BCUT2D eigenvalue weighted by Gasteiger charge is 2.65. The number of nitrogens with zero attached hydrogens (tertiary/aromatic N) is 2. The smallest absolute Gasteiger partial charge is 0.237 e. The molecule has 10 heteroatoms. The summed E-state index contributed by atoms with van der Waals surface area (Å²) in [5.74, 6) is 0. The van der Waals surface area contributed by atoms with Crippen molar-refractivity contribution >= 4 is 0 Å². The Morgan fingerprint density at radius 3 is 1.61 bits per heavy atom. The molecule has 2 aliphatic rings. The molecule has 4 atom stereocenters. The summed E-state index contributed by atoms with van der Waals surface area (Å²) in [5.41, 5.74) is -3.73. The number of ether oxygens (including phenoxy) is 2. The predicted octanol–water partition coefficient (Wildman–Crippen LogP) is -2.20. The molecule has 10 nitrogen and oxygen atoms in total. The van der Waals surface area contributed by atoms with Gasteiger partial charge in [-0.1, -0.05) is 0 Å². The normalized spacial score (nSPS) is 42.8. The van der Waals surface area contributed by atoms with E-state index in [1.165, 1.54) is 0 Å². The Morgan fingerprint density at radius 1 is 1.00 bits per heavy atom. The molecule has 0 amide bonds. The minimum atomic E-state index is -1.87. The molecule has 0 aromatic rings. The number of aliphatic hydroxyl groups is 2. The molecule has 102 valence electrons. The maximum atomic E-state index is 10.5. The van der Waals surface area contributed by atoms with Crippen LogP contribution in [0.15, 0.2) is 0 Å². The number of rotatable bonds is 4. The van der Waals surface area contributed by atoms with Gasteiger partial charge in [-0.25, -0.2) is 0 Å². The molecule has 0 aliphatic carbocycles. The molecule has 0 radical (unpaired) electrons. The summed E-state index contributed by atoms with van der Waals surface area (Å²) >= 11 is 0. The third-order valence-corrected chi connectivity index (χ3v) is 3.17. The number of hydrogen-bond donors (Lipinski definition) is 2. The Kier molecular flexibility index (Phi) is 2.97. The molecule has 0 spiro atoms. The highest BCUT2D eigenvalue weighted by atomic mass is 16.6. The van der Waals surface area contributed by atoms with E-state index in [9.17, 15) is 30.4 Å². The second-order valence-corrected chi connectivity index (χ2v) is 4.65. The fourth-order valence-corrected chi connectivity index (χ4v) is 2.40. The van der Waals surface area contributed by atoms with Crippen LogP contribution in [-0.4, -0.2) is 69.8 Å². The van der Waals surface area contributed by atoms with Crippen LogP contribution in [0.3, 0.4) is 0 Å². The zero-order valence-corrected chi connectivity index (χ0v) is 9.22. The van der Waals surface area contributed by atoms with Gasteiger partial charge in [0, 0.05) is 9.85 Å². The third kappa shape index (κ3) is 2.03. The highest BCUT2D eigenvalue weighted by molar-refractivity contribution is 5.10. The first kappa shape index (κ1) is 13.1. The SMILES string of the molecule is O=[N+]([O-])C[C@@]1(O)CO[C@H]2[C@@H]1OC[C@]2(O)C[N+](=O)[O-]. The first-order chi connectivity index (χ1) is 8.27. The first-order valence-electron chi connectivity index (χ1n) is 5.18. The van der Waals surface area contributed by atoms with E-state index in [1.54, 1.807) is 0 Å². The first-order valence-corrected chi connectivity index (χ1v) is 5.18. The van der Waals surface area contributed by atoms with Crippen LogP contribution in [0.1, 0.15) is 0 Å². The third-order valence-electron chi connectivity index (χ3n) is 3.17. The van der Waals surface area contributed by atoms with Gasteiger partial charge in [-0.15, -0.1) is 0 Å². The second-order valence-electron chi connectivity index (χ2n) is 4.65. The summed E-state index contributed by atoms with van der Waals surface area (Å²) in [6.45, 7) is -2.40. The molecule has 2 fully saturated rings. The summed E-state index contributed by atoms with van der Waals surface area (Å²) < 4.78 is 10.2. The summed E-state index contributed by atoms with van der Waals surface area (Å²) in [6, 6.07) is 0. The van der Waals surface area contributed by atoms with Crippen molar-refractivity contribution in [3.05, 3.63) is 20.2 Å². The summed E-state index contributed by atoms with van der Waals surface area (Å²) in [7, 11) is 0. The van der Waals surface area contributed by atoms with Crippen molar-refractivity contribution in [2.75, 3.05) is 26.3 Å². The average Bonchev–Trinajstić information content (AvgIpc) is 2.66. The molecule has 2 aliphatic heterocycles. The van der Waals surface area contributed by atoms with Crippen LogP contribution in [-0.2, 0) is 9.47 Å². The molecule has 0 aromatic heterocycles. The van der Waals surface area contributed by atoms with Gasteiger partial charge in [-0.2, -0.15) is 0 Å². The summed E-state index contributed by atoms with van der Waals surface area (Å²) in [5, 5.41) is 41.0. The fourth-order valence-electron chi connectivity index (χ4n) is 2.40. The molecular formula is C8H12N2O8. The zero-order chi connectivity index (χ0) is 13.6. The van der Waals surface area contributed by atoms with Crippen LogP contribution in [0.4, 0.5) is 0 Å². The van der Waals surface area contributed by atoms with Gasteiger partial charge in [-0.05, 0) is 0 Å². The van der Waals surface area contributed by atoms with E-state index in [1.807, 2.05) is 0 Å². The lowest BCUT2D eigenvalue weighted by Gasteiger charge is -2.23. The Balaban J connectivity index is 2.16. The molecule has 0 saturated carbocycles. The zero-order valence-electron chi connectivity index (χ0n) is 9.22. The summed E-state index contributed by atoms with van der Waals surface area (Å²) in [4.78, 5) is 19.5. The monoisotopic (exact) mass is 264 g/mol. The summed E-state index contributed by atoms with van der Waals surface area (Å²) in [6.07, 6.45) is -2.26. The van der Waals surface area contributed by atoms with E-state index in [2.05, 4.69) is 0 Å². The minimum Gasteiger partial charge on any atom is -0.378 e. The van der Waals surface area contributed by atoms with Crippen molar-refractivity contribution in [1.82, 2.24) is 0 Å². The van der Waals surface area contributed by atoms with Gasteiger partial charge in [0.05, 0.1) is 13.2 Å². The lowest BCUT2D eigenvalue weighted by Crippen LogP contribution is -2.52. The Bertz CT molecular complexity index is 353.